The summed E-state index contributed by atoms with van der Waals surface area (Å²) < 4.78 is 45.7. The molecule has 0 saturated carbocycles. The number of thiazole rings is 1. The Hall–Kier alpha value is -3.40. The van der Waals surface area contributed by atoms with Crippen LogP contribution < -0.4 is 4.74 Å². The Kier molecular flexibility index (Phi) is 5.64. The number of halogens is 3. The standard InChI is InChI=1S/C22H18F3N3O3S/c1-12-7-17(8-15-9-26-28(20(12)15)10-19(29)30)31-11-18-13(2)27-21(32-18)14-3-5-16(6-4-14)22(23,24)25/h3-9H,10-11H2,1-2H3,(H,29,30). The van der Waals surface area contributed by atoms with E-state index >= 15 is 0 Å². The van der Waals surface area contributed by atoms with E-state index in [1.807, 2.05) is 19.9 Å². The number of ether oxygens (including phenoxy) is 1. The first-order valence-electron chi connectivity index (χ1n) is 9.56. The summed E-state index contributed by atoms with van der Waals surface area (Å²) in [5.74, 6) is -0.368. The molecule has 32 heavy (non-hydrogen) atoms. The number of nitrogens with zero attached hydrogens (tertiary/aromatic N) is 3. The number of hydrogen-bond acceptors (Lipinski definition) is 5. The molecule has 0 amide bonds. The van der Waals surface area contributed by atoms with Gasteiger partial charge < -0.3 is 9.84 Å². The third kappa shape index (κ3) is 4.45. The van der Waals surface area contributed by atoms with E-state index in [2.05, 4.69) is 10.1 Å². The van der Waals surface area contributed by atoms with Crippen LogP contribution in [0.5, 0.6) is 5.75 Å². The maximum atomic E-state index is 12.8. The molecule has 0 bridgehead atoms. The van der Waals surface area contributed by atoms with Gasteiger partial charge in [-0.2, -0.15) is 18.3 Å². The zero-order valence-electron chi connectivity index (χ0n) is 17.1. The molecule has 166 valence electrons. The molecular weight excluding hydrogens is 443 g/mol. The molecule has 1 N–H and O–H groups in total. The number of carbonyl (C=O) groups is 1. The lowest BCUT2D eigenvalue weighted by molar-refractivity contribution is -0.138. The Morgan fingerprint density at radius 1 is 1.19 bits per heavy atom. The van der Waals surface area contributed by atoms with Crippen LogP contribution in [0.1, 0.15) is 21.7 Å². The fraction of sp³-hybridized carbons (Fsp3) is 0.227. The molecular formula is C22H18F3N3O3S. The van der Waals surface area contributed by atoms with Gasteiger partial charge in [-0.15, -0.1) is 11.3 Å². The summed E-state index contributed by atoms with van der Waals surface area (Å²) in [4.78, 5) is 16.3. The highest BCUT2D eigenvalue weighted by Gasteiger charge is 2.30. The number of rotatable bonds is 6. The minimum absolute atomic E-state index is 0.225. The first-order chi connectivity index (χ1) is 15.1. The van der Waals surface area contributed by atoms with E-state index < -0.39 is 17.7 Å². The number of alkyl halides is 3. The van der Waals surface area contributed by atoms with E-state index in [9.17, 15) is 18.0 Å². The van der Waals surface area contributed by atoms with Crippen LogP contribution in [0.4, 0.5) is 13.2 Å². The summed E-state index contributed by atoms with van der Waals surface area (Å²) in [6.45, 7) is 3.71. The number of carboxylic acid groups (broad SMARTS) is 1. The molecule has 4 rings (SSSR count). The number of hydrogen-bond donors (Lipinski definition) is 1. The van der Waals surface area contributed by atoms with Crippen LogP contribution in [0.3, 0.4) is 0 Å². The zero-order chi connectivity index (χ0) is 23.0. The Bertz CT molecular complexity index is 1290. The number of benzene rings is 2. The highest BCUT2D eigenvalue weighted by Crippen LogP contribution is 2.33. The van der Waals surface area contributed by atoms with Gasteiger partial charge in [0, 0.05) is 10.9 Å². The fourth-order valence-corrected chi connectivity index (χ4v) is 4.36. The summed E-state index contributed by atoms with van der Waals surface area (Å²) >= 11 is 1.36. The van der Waals surface area contributed by atoms with E-state index in [-0.39, 0.29) is 13.2 Å². The van der Waals surface area contributed by atoms with Crippen molar-refractivity contribution in [2.45, 2.75) is 33.2 Å². The Labute approximate surface area is 184 Å². The molecule has 0 fully saturated rings. The molecule has 6 nitrogen and oxygen atoms in total. The Morgan fingerprint density at radius 2 is 1.91 bits per heavy atom. The molecule has 2 heterocycles. The van der Waals surface area contributed by atoms with Crippen molar-refractivity contribution in [1.82, 2.24) is 14.8 Å². The van der Waals surface area contributed by atoms with Crippen LogP contribution in [-0.2, 0) is 24.1 Å². The molecule has 0 radical (unpaired) electrons. The third-order valence-corrected chi connectivity index (χ3v) is 6.08. The molecule has 0 saturated heterocycles. The largest absolute Gasteiger partial charge is 0.488 e. The molecule has 2 aromatic carbocycles. The lowest BCUT2D eigenvalue weighted by atomic mass is 10.1. The number of fused-ring (bicyclic) bond motifs is 1. The second kappa shape index (κ2) is 8.27. The van der Waals surface area contributed by atoms with Crippen molar-refractivity contribution in [3.63, 3.8) is 0 Å². The lowest BCUT2D eigenvalue weighted by Crippen LogP contribution is -2.10. The maximum Gasteiger partial charge on any atom is 0.416 e. The normalized spacial score (nSPS) is 11.8. The van der Waals surface area contributed by atoms with Gasteiger partial charge in [-0.05, 0) is 43.7 Å². The molecule has 2 aromatic heterocycles. The van der Waals surface area contributed by atoms with Crippen molar-refractivity contribution in [2.75, 3.05) is 0 Å². The first-order valence-corrected chi connectivity index (χ1v) is 10.4. The molecule has 0 aliphatic heterocycles. The van der Waals surface area contributed by atoms with Gasteiger partial charge in [-0.1, -0.05) is 12.1 Å². The number of aromatic nitrogens is 3. The smallest absolute Gasteiger partial charge is 0.416 e. The van der Waals surface area contributed by atoms with Crippen molar-refractivity contribution < 1.29 is 27.8 Å². The summed E-state index contributed by atoms with van der Waals surface area (Å²) in [5, 5.41) is 14.5. The van der Waals surface area contributed by atoms with Crippen LogP contribution in [0.2, 0.25) is 0 Å². The van der Waals surface area contributed by atoms with Gasteiger partial charge in [0.15, 0.2) is 0 Å². The molecule has 0 spiro atoms. The predicted molar refractivity (Wildman–Crippen MR) is 114 cm³/mol. The van der Waals surface area contributed by atoms with Crippen LogP contribution in [0, 0.1) is 13.8 Å². The zero-order valence-corrected chi connectivity index (χ0v) is 17.9. The van der Waals surface area contributed by atoms with Crippen LogP contribution in [0.15, 0.2) is 42.6 Å². The van der Waals surface area contributed by atoms with Crippen LogP contribution >= 0.6 is 11.3 Å². The summed E-state index contributed by atoms with van der Waals surface area (Å²) in [7, 11) is 0. The third-order valence-electron chi connectivity index (χ3n) is 4.90. The fourth-order valence-electron chi connectivity index (χ4n) is 3.38. The van der Waals surface area contributed by atoms with Crippen molar-refractivity contribution in [2.24, 2.45) is 0 Å². The second-order valence-corrected chi connectivity index (χ2v) is 8.35. The summed E-state index contributed by atoms with van der Waals surface area (Å²) in [6.07, 6.45) is -2.78. The molecule has 0 aliphatic rings. The predicted octanol–water partition coefficient (Wildman–Crippen LogP) is 5.46. The summed E-state index contributed by atoms with van der Waals surface area (Å²) in [5.41, 5.74) is 2.23. The first kappa shape index (κ1) is 21.8. The SMILES string of the molecule is Cc1nc(-c2ccc(C(F)(F)F)cc2)sc1COc1cc(C)c2c(cnn2CC(=O)O)c1. The highest BCUT2D eigenvalue weighted by molar-refractivity contribution is 7.15. The van der Waals surface area contributed by atoms with Gasteiger partial charge in [0.2, 0.25) is 0 Å². The van der Waals surface area contributed by atoms with Crippen molar-refractivity contribution in [3.05, 3.63) is 64.3 Å². The summed E-state index contributed by atoms with van der Waals surface area (Å²) in [6, 6.07) is 8.53. The van der Waals surface area contributed by atoms with E-state index in [1.54, 1.807) is 12.3 Å². The average molecular weight is 461 g/mol. The minimum Gasteiger partial charge on any atom is -0.488 e. The molecule has 0 aliphatic carbocycles. The van der Waals surface area contributed by atoms with Gasteiger partial charge >= 0.3 is 12.1 Å². The van der Waals surface area contributed by atoms with Crippen molar-refractivity contribution in [3.8, 4) is 16.3 Å². The Balaban J connectivity index is 1.51. The van der Waals surface area contributed by atoms with Gasteiger partial charge in [0.05, 0.1) is 27.8 Å². The average Bonchev–Trinajstić information content (AvgIpc) is 3.29. The molecule has 0 atom stereocenters. The van der Waals surface area contributed by atoms with E-state index in [4.69, 9.17) is 9.84 Å². The highest BCUT2D eigenvalue weighted by atomic mass is 32.1. The van der Waals surface area contributed by atoms with Gasteiger partial charge in [0.25, 0.3) is 0 Å². The number of aliphatic carboxylic acids is 1. The lowest BCUT2D eigenvalue weighted by Gasteiger charge is -2.08. The maximum absolute atomic E-state index is 12.8. The van der Waals surface area contributed by atoms with Gasteiger partial charge in [-0.25, -0.2) is 4.98 Å². The minimum atomic E-state index is -4.38. The molecule has 4 aromatic rings. The van der Waals surface area contributed by atoms with Gasteiger partial charge in [0.1, 0.15) is 23.9 Å². The van der Waals surface area contributed by atoms with Crippen molar-refractivity contribution in [1.29, 1.82) is 0 Å². The van der Waals surface area contributed by atoms with Crippen molar-refractivity contribution >= 4 is 28.2 Å². The van der Waals surface area contributed by atoms with Crippen LogP contribution in [0.25, 0.3) is 21.5 Å². The van der Waals surface area contributed by atoms with E-state index in [0.717, 1.165) is 39.2 Å². The second-order valence-electron chi connectivity index (χ2n) is 7.27. The monoisotopic (exact) mass is 461 g/mol. The van der Waals surface area contributed by atoms with Crippen LogP contribution in [-0.4, -0.2) is 25.8 Å². The van der Waals surface area contributed by atoms with E-state index in [1.165, 1.54) is 28.2 Å². The molecule has 0 unspecified atom stereocenters. The number of carboxylic acids is 1. The van der Waals surface area contributed by atoms with E-state index in [0.29, 0.717) is 16.3 Å². The van der Waals surface area contributed by atoms with Gasteiger partial charge in [-0.3, -0.25) is 9.48 Å². The Morgan fingerprint density at radius 3 is 2.56 bits per heavy atom. The molecule has 10 heteroatoms. The quantitative estimate of drug-likeness (QED) is 0.413. The topological polar surface area (TPSA) is 77.2 Å². The number of aryl methyl sites for hydroxylation is 2.